The van der Waals surface area contributed by atoms with E-state index in [0.717, 1.165) is 29.7 Å². The van der Waals surface area contributed by atoms with E-state index in [9.17, 15) is 13.2 Å². The summed E-state index contributed by atoms with van der Waals surface area (Å²) >= 11 is 0. The van der Waals surface area contributed by atoms with Gasteiger partial charge in [0, 0.05) is 30.7 Å². The number of benzene rings is 2. The molecule has 0 spiro atoms. The molecule has 0 bridgehead atoms. The molecule has 0 saturated carbocycles. The minimum absolute atomic E-state index is 0.0676. The highest BCUT2D eigenvalue weighted by molar-refractivity contribution is 7.89. The molecule has 0 unspecified atom stereocenters. The van der Waals surface area contributed by atoms with E-state index in [4.69, 9.17) is 9.47 Å². The topological polar surface area (TPSA) is 93.7 Å². The molecule has 2 N–H and O–H groups in total. The van der Waals surface area contributed by atoms with Crippen LogP contribution in [-0.4, -0.2) is 47.7 Å². The maximum absolute atomic E-state index is 13.0. The third kappa shape index (κ3) is 5.26. The van der Waals surface area contributed by atoms with Crippen LogP contribution in [0.15, 0.2) is 47.4 Å². The molecule has 7 nitrogen and oxygen atoms in total. The van der Waals surface area contributed by atoms with Gasteiger partial charge in [-0.1, -0.05) is 18.2 Å². The van der Waals surface area contributed by atoms with E-state index in [1.165, 1.54) is 19.2 Å². The summed E-state index contributed by atoms with van der Waals surface area (Å²) in [6.45, 7) is 6.03. The Bertz CT molecular complexity index is 1010. The van der Waals surface area contributed by atoms with Crippen molar-refractivity contribution in [3.8, 4) is 5.75 Å². The third-order valence-electron chi connectivity index (χ3n) is 5.85. The molecule has 3 rings (SSSR count). The summed E-state index contributed by atoms with van der Waals surface area (Å²) in [5, 5.41) is 3.04. The largest absolute Gasteiger partial charge is 0.494 e. The predicted octanol–water partition coefficient (Wildman–Crippen LogP) is 2.78. The Hall–Kier alpha value is -2.42. The second-order valence-electron chi connectivity index (χ2n) is 7.72. The van der Waals surface area contributed by atoms with E-state index in [0.29, 0.717) is 31.9 Å². The molecule has 168 valence electrons. The van der Waals surface area contributed by atoms with Crippen LogP contribution in [-0.2, 0) is 20.2 Å². The normalized spacial score (nSPS) is 16.0. The van der Waals surface area contributed by atoms with Crippen LogP contribution < -0.4 is 14.8 Å². The van der Waals surface area contributed by atoms with Crippen molar-refractivity contribution in [1.82, 2.24) is 10.0 Å². The number of hydrogen-bond acceptors (Lipinski definition) is 5. The second-order valence-corrected chi connectivity index (χ2v) is 9.60. The summed E-state index contributed by atoms with van der Waals surface area (Å²) in [6, 6.07) is 12.6. The molecular formula is C23H30N2O5S. The Kier molecular flexibility index (Phi) is 7.35. The molecule has 1 aliphatic heterocycles. The lowest BCUT2D eigenvalue weighted by Gasteiger charge is -2.38. The number of carbonyl (C=O) groups excluding carboxylic acids is 1. The van der Waals surface area contributed by atoms with Gasteiger partial charge in [-0.15, -0.1) is 0 Å². The van der Waals surface area contributed by atoms with Gasteiger partial charge in [0.1, 0.15) is 5.75 Å². The second kappa shape index (κ2) is 9.80. The molecule has 8 heteroatoms. The lowest BCUT2D eigenvalue weighted by molar-refractivity contribution is 0.0487. The fourth-order valence-electron chi connectivity index (χ4n) is 3.88. The number of nitrogens with one attached hydrogen (secondary N) is 2. The monoisotopic (exact) mass is 446 g/mol. The van der Waals surface area contributed by atoms with Gasteiger partial charge in [0.2, 0.25) is 10.0 Å². The molecule has 1 saturated heterocycles. The zero-order valence-corrected chi connectivity index (χ0v) is 19.1. The number of carbonyl (C=O) groups is 1. The zero-order chi connectivity index (χ0) is 22.5. The average Bonchev–Trinajstić information content (AvgIpc) is 2.79. The fourth-order valence-corrected chi connectivity index (χ4v) is 4.63. The van der Waals surface area contributed by atoms with Crippen molar-refractivity contribution in [1.29, 1.82) is 0 Å². The lowest BCUT2D eigenvalue weighted by Crippen LogP contribution is -2.44. The minimum Gasteiger partial charge on any atom is -0.494 e. The van der Waals surface area contributed by atoms with Gasteiger partial charge in [-0.2, -0.15) is 0 Å². The van der Waals surface area contributed by atoms with E-state index in [2.05, 4.69) is 10.0 Å². The Morgan fingerprint density at radius 1 is 1.13 bits per heavy atom. The Labute approximate surface area is 184 Å². The van der Waals surface area contributed by atoms with E-state index in [-0.39, 0.29) is 16.2 Å². The molecule has 2 aromatic carbocycles. The maximum Gasteiger partial charge on any atom is 0.251 e. The smallest absolute Gasteiger partial charge is 0.251 e. The standard InChI is InChI=1S/C23H30N2O5S/c1-4-30-19-8-6-18(7-9-19)23(11-13-29-14-12-23)16-25-22(26)21-15-20(10-5-17(21)2)31(27,28)24-3/h5-10,15,24H,4,11-14,16H2,1-3H3,(H,25,26). The zero-order valence-electron chi connectivity index (χ0n) is 18.2. The highest BCUT2D eigenvalue weighted by Crippen LogP contribution is 2.35. The van der Waals surface area contributed by atoms with Gasteiger partial charge in [0.15, 0.2) is 0 Å². The van der Waals surface area contributed by atoms with Gasteiger partial charge in [0.05, 0.1) is 11.5 Å². The Morgan fingerprint density at radius 2 is 1.81 bits per heavy atom. The first-order valence-electron chi connectivity index (χ1n) is 10.4. The maximum atomic E-state index is 13.0. The van der Waals surface area contributed by atoms with Gasteiger partial charge in [-0.05, 0) is 69.1 Å². The van der Waals surface area contributed by atoms with Crippen LogP contribution in [0.25, 0.3) is 0 Å². The van der Waals surface area contributed by atoms with E-state index in [1.807, 2.05) is 31.2 Å². The summed E-state index contributed by atoms with van der Waals surface area (Å²) in [5.41, 5.74) is 1.95. The third-order valence-corrected chi connectivity index (χ3v) is 7.26. The molecule has 1 heterocycles. The fraction of sp³-hybridized carbons (Fsp3) is 0.435. The first kappa shape index (κ1) is 23.2. The number of aryl methyl sites for hydroxylation is 1. The number of hydrogen-bond donors (Lipinski definition) is 2. The summed E-state index contributed by atoms with van der Waals surface area (Å²) in [5.74, 6) is 0.526. The molecule has 0 atom stereocenters. The van der Waals surface area contributed by atoms with Gasteiger partial charge in [0.25, 0.3) is 5.91 Å². The molecule has 1 fully saturated rings. The quantitative estimate of drug-likeness (QED) is 0.650. The number of amides is 1. The van der Waals surface area contributed by atoms with E-state index < -0.39 is 10.0 Å². The summed E-state index contributed by atoms with van der Waals surface area (Å²) < 4.78 is 37.7. The highest BCUT2D eigenvalue weighted by atomic mass is 32.2. The highest BCUT2D eigenvalue weighted by Gasteiger charge is 2.35. The van der Waals surface area contributed by atoms with Crippen molar-refractivity contribution in [3.05, 3.63) is 59.2 Å². The molecular weight excluding hydrogens is 416 g/mol. The van der Waals surface area contributed by atoms with Crippen molar-refractivity contribution >= 4 is 15.9 Å². The van der Waals surface area contributed by atoms with Gasteiger partial charge >= 0.3 is 0 Å². The predicted molar refractivity (Wildman–Crippen MR) is 119 cm³/mol. The van der Waals surface area contributed by atoms with Gasteiger partial charge in [-0.3, -0.25) is 4.79 Å². The van der Waals surface area contributed by atoms with Crippen LogP contribution in [0.1, 0.15) is 41.3 Å². The molecule has 0 aliphatic carbocycles. The SMILES string of the molecule is CCOc1ccc(C2(CNC(=O)c3cc(S(=O)(=O)NC)ccc3C)CCOCC2)cc1. The van der Waals surface area contributed by atoms with Crippen LogP contribution in [0.5, 0.6) is 5.75 Å². The Morgan fingerprint density at radius 3 is 2.42 bits per heavy atom. The molecule has 2 aromatic rings. The lowest BCUT2D eigenvalue weighted by atomic mass is 9.74. The van der Waals surface area contributed by atoms with Crippen molar-refractivity contribution in [3.63, 3.8) is 0 Å². The number of ether oxygens (including phenoxy) is 2. The van der Waals surface area contributed by atoms with Crippen LogP contribution >= 0.6 is 0 Å². The summed E-state index contributed by atoms with van der Waals surface area (Å²) in [4.78, 5) is 13.1. The number of sulfonamides is 1. The van der Waals surface area contributed by atoms with Crippen molar-refractivity contribution < 1.29 is 22.7 Å². The van der Waals surface area contributed by atoms with Crippen LogP contribution in [0.3, 0.4) is 0 Å². The van der Waals surface area contributed by atoms with Crippen molar-refractivity contribution in [2.45, 2.75) is 37.0 Å². The first-order chi connectivity index (χ1) is 14.8. The first-order valence-corrected chi connectivity index (χ1v) is 11.9. The van der Waals surface area contributed by atoms with Crippen molar-refractivity contribution in [2.75, 3.05) is 33.4 Å². The van der Waals surface area contributed by atoms with E-state index >= 15 is 0 Å². The van der Waals surface area contributed by atoms with Crippen LogP contribution in [0.4, 0.5) is 0 Å². The van der Waals surface area contributed by atoms with Crippen molar-refractivity contribution in [2.24, 2.45) is 0 Å². The Balaban J connectivity index is 1.82. The molecule has 31 heavy (non-hydrogen) atoms. The van der Waals surface area contributed by atoms with Crippen LogP contribution in [0.2, 0.25) is 0 Å². The molecule has 0 radical (unpaired) electrons. The van der Waals surface area contributed by atoms with Gasteiger partial charge in [-0.25, -0.2) is 13.1 Å². The van der Waals surface area contributed by atoms with Crippen LogP contribution in [0, 0.1) is 6.92 Å². The summed E-state index contributed by atoms with van der Waals surface area (Å²) in [7, 11) is -2.28. The molecule has 1 aliphatic rings. The summed E-state index contributed by atoms with van der Waals surface area (Å²) in [6.07, 6.45) is 1.57. The van der Waals surface area contributed by atoms with Gasteiger partial charge < -0.3 is 14.8 Å². The molecule has 0 aromatic heterocycles. The number of rotatable bonds is 8. The molecule has 1 amide bonds. The average molecular weight is 447 g/mol. The van der Waals surface area contributed by atoms with E-state index in [1.54, 1.807) is 13.0 Å². The minimum atomic E-state index is -3.63.